The second kappa shape index (κ2) is 9.07. The van der Waals surface area contributed by atoms with Gasteiger partial charge in [-0.3, -0.25) is 4.79 Å². The first-order chi connectivity index (χ1) is 15.3. The van der Waals surface area contributed by atoms with Gasteiger partial charge < -0.3 is 10.1 Å². The number of sulfone groups is 1. The molecule has 0 unspecified atom stereocenters. The summed E-state index contributed by atoms with van der Waals surface area (Å²) in [5.74, 6) is 0.113. The van der Waals surface area contributed by atoms with E-state index in [9.17, 15) is 26.4 Å². The average molecular weight is 498 g/mol. The number of hydrogen-bond donors (Lipinski definition) is 1. The fourth-order valence-electron chi connectivity index (χ4n) is 2.78. The molecule has 0 aliphatic carbocycles. The highest BCUT2D eigenvalue weighted by Gasteiger charge is 2.43. The van der Waals surface area contributed by atoms with Crippen LogP contribution in [0.5, 0.6) is 11.5 Å². The van der Waals surface area contributed by atoms with Gasteiger partial charge >= 0.3 is 6.18 Å². The summed E-state index contributed by atoms with van der Waals surface area (Å²) < 4.78 is 68.6. The first kappa shape index (κ1) is 24.6. The lowest BCUT2D eigenvalue weighted by Crippen LogP contribution is -2.44. The summed E-state index contributed by atoms with van der Waals surface area (Å²) in [4.78, 5) is 12.2. The van der Waals surface area contributed by atoms with Crippen molar-refractivity contribution in [2.45, 2.75) is 29.7 Å². The van der Waals surface area contributed by atoms with Gasteiger partial charge in [0.25, 0.3) is 0 Å². The molecule has 1 amide bonds. The SMILES string of the molecule is CC(C)(C(=O)Nc1ccc(Oc2ccc(Cl)cc2)cc1)S(=O)(=O)c1cccc(C(F)(F)F)c1. The molecule has 5 nitrogen and oxygen atoms in total. The minimum Gasteiger partial charge on any atom is -0.457 e. The van der Waals surface area contributed by atoms with Crippen molar-refractivity contribution in [3.8, 4) is 11.5 Å². The standard InChI is InChI=1S/C23H19ClF3NO4S/c1-22(2,33(30,31)20-5-3-4-15(14-20)23(25,26)27)21(29)28-17-8-12-19(13-9-17)32-18-10-6-16(24)7-11-18/h3-14H,1-2H3,(H,28,29). The van der Waals surface area contributed by atoms with Gasteiger partial charge in [-0.2, -0.15) is 13.2 Å². The lowest BCUT2D eigenvalue weighted by molar-refractivity contribution is -0.137. The monoisotopic (exact) mass is 497 g/mol. The molecule has 0 heterocycles. The van der Waals surface area contributed by atoms with Gasteiger partial charge in [-0.15, -0.1) is 0 Å². The van der Waals surface area contributed by atoms with Crippen LogP contribution in [-0.2, 0) is 20.8 Å². The van der Waals surface area contributed by atoms with E-state index in [4.69, 9.17) is 16.3 Å². The summed E-state index contributed by atoms with van der Waals surface area (Å²) in [7, 11) is -4.44. The number of alkyl halides is 3. The molecular weight excluding hydrogens is 479 g/mol. The van der Waals surface area contributed by atoms with E-state index in [0.29, 0.717) is 22.6 Å². The number of carbonyl (C=O) groups is 1. The third kappa shape index (κ3) is 5.48. The number of carbonyl (C=O) groups excluding carboxylic acids is 1. The number of hydrogen-bond acceptors (Lipinski definition) is 4. The van der Waals surface area contributed by atoms with Crippen molar-refractivity contribution >= 4 is 33.0 Å². The fraction of sp³-hybridized carbons (Fsp3) is 0.174. The summed E-state index contributed by atoms with van der Waals surface area (Å²) >= 11 is 5.83. The van der Waals surface area contributed by atoms with Crippen LogP contribution >= 0.6 is 11.6 Å². The van der Waals surface area contributed by atoms with Gasteiger partial charge in [-0.1, -0.05) is 17.7 Å². The smallest absolute Gasteiger partial charge is 0.416 e. The Kier molecular flexibility index (Phi) is 6.76. The van der Waals surface area contributed by atoms with Gasteiger partial charge in [-0.25, -0.2) is 8.42 Å². The van der Waals surface area contributed by atoms with E-state index in [-0.39, 0.29) is 5.69 Å². The van der Waals surface area contributed by atoms with Crippen LogP contribution in [0.3, 0.4) is 0 Å². The molecule has 0 aromatic heterocycles. The van der Waals surface area contributed by atoms with Gasteiger partial charge in [0.15, 0.2) is 9.84 Å². The lowest BCUT2D eigenvalue weighted by Gasteiger charge is -2.24. The molecule has 0 spiro atoms. The molecule has 3 rings (SSSR count). The number of amides is 1. The zero-order chi connectivity index (χ0) is 24.4. The van der Waals surface area contributed by atoms with Gasteiger partial charge in [0.1, 0.15) is 16.2 Å². The van der Waals surface area contributed by atoms with Crippen molar-refractivity contribution in [3.63, 3.8) is 0 Å². The molecule has 33 heavy (non-hydrogen) atoms. The molecule has 0 aliphatic heterocycles. The Hall–Kier alpha value is -3.04. The average Bonchev–Trinajstić information content (AvgIpc) is 2.76. The Morgan fingerprint density at radius 3 is 2.00 bits per heavy atom. The molecule has 1 N–H and O–H groups in total. The van der Waals surface area contributed by atoms with Crippen LogP contribution in [0, 0.1) is 0 Å². The van der Waals surface area contributed by atoms with Crippen LogP contribution in [0.15, 0.2) is 77.7 Å². The molecule has 0 fully saturated rings. The predicted octanol–water partition coefficient (Wildman–Crippen LogP) is 6.34. The number of rotatable bonds is 6. The minimum absolute atomic E-state index is 0.288. The zero-order valence-corrected chi connectivity index (χ0v) is 19.1. The Balaban J connectivity index is 1.76. The second-order valence-electron chi connectivity index (χ2n) is 7.57. The highest BCUT2D eigenvalue weighted by atomic mass is 35.5. The number of halogens is 4. The Labute approximate surface area is 194 Å². The third-order valence-electron chi connectivity index (χ3n) is 4.85. The largest absolute Gasteiger partial charge is 0.457 e. The van der Waals surface area contributed by atoms with Crippen molar-refractivity contribution in [1.82, 2.24) is 0 Å². The van der Waals surface area contributed by atoms with Crippen molar-refractivity contribution in [1.29, 1.82) is 0 Å². The van der Waals surface area contributed by atoms with Gasteiger partial charge in [0.05, 0.1) is 10.5 Å². The number of nitrogens with one attached hydrogen (secondary N) is 1. The molecule has 0 atom stereocenters. The maximum absolute atomic E-state index is 13.0. The maximum Gasteiger partial charge on any atom is 0.416 e. The number of anilines is 1. The number of benzene rings is 3. The summed E-state index contributed by atoms with van der Waals surface area (Å²) in [6.07, 6.45) is -4.71. The van der Waals surface area contributed by atoms with Gasteiger partial charge in [0, 0.05) is 10.7 Å². The topological polar surface area (TPSA) is 72.5 Å². The molecule has 0 radical (unpaired) electrons. The van der Waals surface area contributed by atoms with E-state index >= 15 is 0 Å². The van der Waals surface area contributed by atoms with Crippen molar-refractivity contribution in [2.75, 3.05) is 5.32 Å². The summed E-state index contributed by atoms with van der Waals surface area (Å²) in [6.45, 7) is 2.27. The summed E-state index contributed by atoms with van der Waals surface area (Å²) in [5.41, 5.74) is -0.827. The normalized spacial score (nSPS) is 12.3. The van der Waals surface area contributed by atoms with Crippen LogP contribution < -0.4 is 10.1 Å². The summed E-state index contributed by atoms with van der Waals surface area (Å²) in [5, 5.41) is 3.05. The van der Waals surface area contributed by atoms with E-state index in [1.807, 2.05) is 0 Å². The Morgan fingerprint density at radius 2 is 1.45 bits per heavy atom. The zero-order valence-electron chi connectivity index (χ0n) is 17.5. The molecule has 174 valence electrons. The molecule has 0 aliphatic rings. The van der Waals surface area contributed by atoms with Crippen molar-refractivity contribution < 1.29 is 31.1 Å². The molecule has 3 aromatic carbocycles. The highest BCUT2D eigenvalue weighted by molar-refractivity contribution is 7.93. The van der Waals surface area contributed by atoms with E-state index in [2.05, 4.69) is 5.32 Å². The molecule has 0 bridgehead atoms. The lowest BCUT2D eigenvalue weighted by atomic mass is 10.2. The van der Waals surface area contributed by atoms with Crippen LogP contribution in [0.2, 0.25) is 5.02 Å². The van der Waals surface area contributed by atoms with Crippen molar-refractivity contribution in [2.24, 2.45) is 0 Å². The van der Waals surface area contributed by atoms with Crippen LogP contribution in [0.25, 0.3) is 0 Å². The van der Waals surface area contributed by atoms with Crippen LogP contribution in [-0.4, -0.2) is 19.1 Å². The molecule has 3 aromatic rings. The Morgan fingerprint density at radius 1 is 0.909 bits per heavy atom. The van der Waals surface area contributed by atoms with Crippen LogP contribution in [0.4, 0.5) is 18.9 Å². The first-order valence-corrected chi connectivity index (χ1v) is 11.4. The second-order valence-corrected chi connectivity index (χ2v) is 10.5. The van der Waals surface area contributed by atoms with E-state index < -0.39 is 37.1 Å². The Bertz CT molecular complexity index is 1260. The van der Waals surface area contributed by atoms with Crippen LogP contribution in [0.1, 0.15) is 19.4 Å². The van der Waals surface area contributed by atoms with E-state index in [1.165, 1.54) is 12.1 Å². The third-order valence-corrected chi connectivity index (χ3v) is 7.51. The minimum atomic E-state index is -4.71. The highest BCUT2D eigenvalue weighted by Crippen LogP contribution is 2.34. The molecule has 0 saturated heterocycles. The van der Waals surface area contributed by atoms with E-state index in [0.717, 1.165) is 32.0 Å². The summed E-state index contributed by atoms with van der Waals surface area (Å²) in [6, 6.07) is 16.1. The maximum atomic E-state index is 13.0. The quantitative estimate of drug-likeness (QED) is 0.431. The van der Waals surface area contributed by atoms with Gasteiger partial charge in [0.2, 0.25) is 5.91 Å². The fourth-order valence-corrected chi connectivity index (χ4v) is 4.33. The van der Waals surface area contributed by atoms with E-state index in [1.54, 1.807) is 36.4 Å². The molecule has 0 saturated carbocycles. The molecular formula is C23H19ClF3NO4S. The molecule has 10 heteroatoms. The number of ether oxygens (including phenoxy) is 1. The predicted molar refractivity (Wildman–Crippen MR) is 119 cm³/mol. The van der Waals surface area contributed by atoms with Crippen molar-refractivity contribution in [3.05, 3.63) is 83.4 Å². The first-order valence-electron chi connectivity index (χ1n) is 9.57. The van der Waals surface area contributed by atoms with Gasteiger partial charge in [-0.05, 0) is 80.6 Å².